The highest BCUT2D eigenvalue weighted by Gasteiger charge is 2.48. The summed E-state index contributed by atoms with van der Waals surface area (Å²) in [5, 5.41) is 110. The van der Waals surface area contributed by atoms with Crippen LogP contribution in [0.15, 0.2) is 0 Å². The van der Waals surface area contributed by atoms with E-state index in [0.29, 0.717) is 13.0 Å². The molecule has 2 fully saturated rings. The molecule has 14 atom stereocenters. The second-order valence-electron chi connectivity index (χ2n) is 10.2. The van der Waals surface area contributed by atoms with Crippen LogP contribution in [0.5, 0.6) is 0 Å². The predicted molar refractivity (Wildman–Crippen MR) is 129 cm³/mol. The summed E-state index contributed by atoms with van der Waals surface area (Å²) in [7, 11) is 3.58. The Hall–Kier alpha value is -0.970. The van der Waals surface area contributed by atoms with Crippen molar-refractivity contribution in [2.75, 3.05) is 40.5 Å². The topological polar surface area (TPSA) is 280 Å². The van der Waals surface area contributed by atoms with Gasteiger partial charge in [-0.3, -0.25) is 4.79 Å². The van der Waals surface area contributed by atoms with Crippen LogP contribution in [0.25, 0.3) is 0 Å². The maximum atomic E-state index is 12.1. The molecule has 0 aromatic carbocycles. The molecule has 0 bridgehead atoms. The SMILES string of the molecule is CN(C)CCCC(=O)[C@H](O)[C@@H](O)[C@H](O)[C@H](O)CO[C@H]1O[C@H](CO[C@H]2O[C@H](CO)[C@@H](O)[C@H](O)[C@H]2O)[C@@H](O)[C@H](O)[C@H]1O. The highest BCUT2D eigenvalue weighted by atomic mass is 16.7. The molecule has 0 unspecified atom stereocenters. The van der Waals surface area contributed by atoms with Crippen LogP contribution >= 0.6 is 0 Å². The van der Waals surface area contributed by atoms with Crippen LogP contribution in [0.2, 0.25) is 0 Å². The predicted octanol–water partition coefficient (Wildman–Crippen LogP) is -7.02. The Morgan fingerprint density at radius 1 is 0.775 bits per heavy atom. The average molecular weight is 590 g/mol. The van der Waals surface area contributed by atoms with E-state index in [-0.39, 0.29) is 6.42 Å². The quantitative estimate of drug-likeness (QED) is 0.0846. The lowest BCUT2D eigenvalue weighted by Crippen LogP contribution is -2.62. The molecule has 2 rings (SSSR count). The molecule has 2 saturated heterocycles. The fourth-order valence-electron chi connectivity index (χ4n) is 4.20. The Morgan fingerprint density at radius 2 is 1.30 bits per heavy atom. The number of nitrogens with zero attached hydrogens (tertiary/aromatic N) is 1. The van der Waals surface area contributed by atoms with Crippen molar-refractivity contribution in [1.82, 2.24) is 4.90 Å². The van der Waals surface area contributed by atoms with Crippen molar-refractivity contribution in [3.8, 4) is 0 Å². The number of ketones is 1. The van der Waals surface area contributed by atoms with Crippen molar-refractivity contribution in [3.63, 3.8) is 0 Å². The van der Waals surface area contributed by atoms with Gasteiger partial charge < -0.3 is 80.0 Å². The Labute approximate surface area is 230 Å². The molecule has 17 heteroatoms. The Balaban J connectivity index is 1.91. The monoisotopic (exact) mass is 589 g/mol. The van der Waals surface area contributed by atoms with Crippen LogP contribution < -0.4 is 0 Å². The fraction of sp³-hybridized carbons (Fsp3) is 0.957. The second kappa shape index (κ2) is 16.0. The van der Waals surface area contributed by atoms with Gasteiger partial charge in [0.25, 0.3) is 0 Å². The molecule has 236 valence electrons. The minimum Gasteiger partial charge on any atom is -0.394 e. The summed E-state index contributed by atoms with van der Waals surface area (Å²) < 4.78 is 21.1. The van der Waals surface area contributed by atoms with Crippen molar-refractivity contribution in [2.24, 2.45) is 0 Å². The van der Waals surface area contributed by atoms with Gasteiger partial charge in [0.05, 0.1) is 19.8 Å². The molecule has 40 heavy (non-hydrogen) atoms. The summed E-state index contributed by atoms with van der Waals surface area (Å²) in [4.78, 5) is 13.9. The molecule has 0 aromatic heterocycles. The first kappa shape index (κ1) is 35.2. The molecule has 0 amide bonds. The summed E-state index contributed by atoms with van der Waals surface area (Å²) in [5.41, 5.74) is 0. The summed E-state index contributed by atoms with van der Waals surface area (Å²) in [6, 6.07) is 0. The second-order valence-corrected chi connectivity index (χ2v) is 10.2. The molecule has 0 radical (unpaired) electrons. The van der Waals surface area contributed by atoms with Gasteiger partial charge >= 0.3 is 0 Å². The van der Waals surface area contributed by atoms with Crippen LogP contribution in [0.4, 0.5) is 0 Å². The average Bonchev–Trinajstić information content (AvgIpc) is 2.92. The first-order chi connectivity index (χ1) is 18.7. The largest absolute Gasteiger partial charge is 0.394 e. The van der Waals surface area contributed by atoms with E-state index in [1.54, 1.807) is 14.1 Å². The number of aliphatic hydroxyl groups excluding tert-OH is 11. The van der Waals surface area contributed by atoms with E-state index in [1.807, 2.05) is 4.90 Å². The Morgan fingerprint density at radius 3 is 1.85 bits per heavy atom. The fourth-order valence-corrected chi connectivity index (χ4v) is 4.20. The third-order valence-corrected chi connectivity index (χ3v) is 6.80. The van der Waals surface area contributed by atoms with Crippen LogP contribution in [-0.2, 0) is 23.7 Å². The number of aliphatic hydroxyl groups is 11. The zero-order chi connectivity index (χ0) is 30.3. The van der Waals surface area contributed by atoms with Crippen molar-refractivity contribution in [3.05, 3.63) is 0 Å². The number of carbonyl (C=O) groups excluding carboxylic acids is 1. The van der Waals surface area contributed by atoms with Crippen LogP contribution in [0, 0.1) is 0 Å². The summed E-state index contributed by atoms with van der Waals surface area (Å²) in [6.45, 7) is -1.59. The number of hydrogen-bond donors (Lipinski definition) is 11. The first-order valence-electron chi connectivity index (χ1n) is 12.8. The molecule has 2 aliphatic rings. The van der Waals surface area contributed by atoms with Gasteiger partial charge in [-0.25, -0.2) is 0 Å². The van der Waals surface area contributed by atoms with E-state index < -0.39 is 111 Å². The minimum atomic E-state index is -2.06. The molecular formula is C23H43NO16. The smallest absolute Gasteiger partial charge is 0.186 e. The van der Waals surface area contributed by atoms with Crippen molar-refractivity contribution in [1.29, 1.82) is 0 Å². The lowest BCUT2D eigenvalue weighted by atomic mass is 9.97. The van der Waals surface area contributed by atoms with Crippen LogP contribution in [-0.4, -0.2) is 193 Å². The molecule has 2 heterocycles. The lowest BCUT2D eigenvalue weighted by Gasteiger charge is -2.42. The van der Waals surface area contributed by atoms with Crippen LogP contribution in [0.3, 0.4) is 0 Å². The van der Waals surface area contributed by atoms with Gasteiger partial charge in [-0.2, -0.15) is 0 Å². The number of Topliss-reactive ketones (excluding diaryl/α,β-unsaturated/α-hetero) is 1. The zero-order valence-corrected chi connectivity index (χ0v) is 22.2. The normalized spacial score (nSPS) is 38.1. The van der Waals surface area contributed by atoms with E-state index in [0.717, 1.165) is 0 Å². The third-order valence-electron chi connectivity index (χ3n) is 6.80. The van der Waals surface area contributed by atoms with E-state index in [4.69, 9.17) is 18.9 Å². The van der Waals surface area contributed by atoms with Gasteiger partial charge in [-0.15, -0.1) is 0 Å². The van der Waals surface area contributed by atoms with E-state index >= 15 is 0 Å². The minimum absolute atomic E-state index is 0.0787. The maximum absolute atomic E-state index is 12.1. The van der Waals surface area contributed by atoms with Gasteiger partial charge in [-0.1, -0.05) is 0 Å². The van der Waals surface area contributed by atoms with Gasteiger partial charge in [0.2, 0.25) is 0 Å². The van der Waals surface area contributed by atoms with Gasteiger partial charge in [0, 0.05) is 6.42 Å². The third kappa shape index (κ3) is 9.01. The number of carbonyl (C=O) groups is 1. The molecule has 0 aromatic rings. The van der Waals surface area contributed by atoms with Gasteiger partial charge in [-0.05, 0) is 27.1 Å². The summed E-state index contributed by atoms with van der Waals surface area (Å²) in [5.74, 6) is -0.744. The molecule has 0 spiro atoms. The lowest BCUT2D eigenvalue weighted by molar-refractivity contribution is -0.333. The van der Waals surface area contributed by atoms with Gasteiger partial charge in [0.1, 0.15) is 73.2 Å². The Bertz CT molecular complexity index is 760. The Kier molecular flexibility index (Phi) is 14.1. The molecule has 2 aliphatic heterocycles. The molecule has 17 nitrogen and oxygen atoms in total. The zero-order valence-electron chi connectivity index (χ0n) is 22.2. The van der Waals surface area contributed by atoms with Crippen molar-refractivity contribution < 1.29 is 79.9 Å². The van der Waals surface area contributed by atoms with Crippen molar-refractivity contribution in [2.45, 2.75) is 98.7 Å². The van der Waals surface area contributed by atoms with E-state index in [9.17, 15) is 61.0 Å². The molecular weight excluding hydrogens is 546 g/mol. The highest BCUT2D eigenvalue weighted by molar-refractivity contribution is 5.83. The van der Waals surface area contributed by atoms with Crippen molar-refractivity contribution >= 4 is 5.78 Å². The number of ether oxygens (including phenoxy) is 4. The summed E-state index contributed by atoms with van der Waals surface area (Å²) in [6.07, 6.45) is -24.2. The molecule has 0 aliphatic carbocycles. The first-order valence-corrected chi connectivity index (χ1v) is 12.8. The number of rotatable bonds is 15. The van der Waals surface area contributed by atoms with Gasteiger partial charge in [0.15, 0.2) is 18.4 Å². The summed E-state index contributed by atoms with van der Waals surface area (Å²) >= 11 is 0. The van der Waals surface area contributed by atoms with Crippen LogP contribution in [0.1, 0.15) is 12.8 Å². The molecule has 0 saturated carbocycles. The standard InChI is InChI=1S/C23H43NO16/c1-24(2)5-3-4-9(26)13(28)17(32)14(29)10(27)7-37-22-21(36)19(34)16(31)12(40-22)8-38-23-20(35)18(33)15(30)11(6-25)39-23/h10-23,25,27-36H,3-8H2,1-2H3/t10-,11-,12-,13+,14-,15-,16-,17-,18+,19+,20-,21-,22+,23+/m1/s1. The van der Waals surface area contributed by atoms with E-state index in [1.165, 1.54) is 0 Å². The number of hydrogen-bond acceptors (Lipinski definition) is 17. The van der Waals surface area contributed by atoms with E-state index in [2.05, 4.69) is 0 Å². The molecule has 11 N–H and O–H groups in total. The maximum Gasteiger partial charge on any atom is 0.186 e. The highest BCUT2D eigenvalue weighted by Crippen LogP contribution is 2.26.